The number of nitrogens with two attached hydrogens (primary N) is 1. The molecule has 1 heterocycles. The van der Waals surface area contributed by atoms with E-state index in [1.54, 1.807) is 0 Å². The summed E-state index contributed by atoms with van der Waals surface area (Å²) in [7, 11) is 0. The van der Waals surface area contributed by atoms with Gasteiger partial charge in [-0.25, -0.2) is 4.99 Å². The van der Waals surface area contributed by atoms with E-state index in [4.69, 9.17) is 5.73 Å². The average Bonchev–Trinajstić information content (AvgIpc) is 2.70. The Balaban J connectivity index is 0.00000280. The zero-order valence-corrected chi connectivity index (χ0v) is 18.6. The van der Waals surface area contributed by atoms with E-state index in [-0.39, 0.29) is 30.1 Å². The molecule has 2 aromatic rings. The number of aliphatic imine (C=N–C) groups is 1. The molecule has 6 heteroatoms. The van der Waals surface area contributed by atoms with Crippen molar-refractivity contribution in [2.75, 3.05) is 19.6 Å². The van der Waals surface area contributed by atoms with Gasteiger partial charge < -0.3 is 16.2 Å². The van der Waals surface area contributed by atoms with Gasteiger partial charge in [0.25, 0.3) is 0 Å². The summed E-state index contributed by atoms with van der Waals surface area (Å²) < 4.78 is 0. The average molecular weight is 494 g/mol. The van der Waals surface area contributed by atoms with Crippen molar-refractivity contribution in [2.45, 2.75) is 38.5 Å². The van der Waals surface area contributed by atoms with Crippen LogP contribution in [0.4, 0.5) is 0 Å². The molecule has 1 aliphatic heterocycles. The second-order valence-corrected chi connectivity index (χ2v) is 7.19. The highest BCUT2D eigenvalue weighted by molar-refractivity contribution is 14.0. The molecule has 0 aliphatic carbocycles. The molecule has 4 N–H and O–H groups in total. The summed E-state index contributed by atoms with van der Waals surface area (Å²) in [5, 5.41) is 12.8. The first-order valence-corrected chi connectivity index (χ1v) is 9.75. The van der Waals surface area contributed by atoms with E-state index in [9.17, 15) is 5.11 Å². The number of piperidine rings is 1. The van der Waals surface area contributed by atoms with E-state index < -0.39 is 0 Å². The van der Waals surface area contributed by atoms with Crippen LogP contribution in [0.2, 0.25) is 0 Å². The Labute approximate surface area is 185 Å². The predicted molar refractivity (Wildman–Crippen MR) is 126 cm³/mol. The molecule has 0 amide bonds. The molecular formula is C22H31IN4O. The quantitative estimate of drug-likeness (QED) is 0.315. The molecule has 0 saturated carbocycles. The van der Waals surface area contributed by atoms with Crippen molar-refractivity contribution in [3.05, 3.63) is 71.3 Å². The van der Waals surface area contributed by atoms with E-state index in [0.29, 0.717) is 12.5 Å². The van der Waals surface area contributed by atoms with Crippen molar-refractivity contribution in [1.82, 2.24) is 10.2 Å². The van der Waals surface area contributed by atoms with Crippen molar-refractivity contribution < 1.29 is 5.11 Å². The fourth-order valence-corrected chi connectivity index (χ4v) is 3.30. The highest BCUT2D eigenvalue weighted by Gasteiger charge is 2.16. The molecule has 2 aromatic carbocycles. The van der Waals surface area contributed by atoms with E-state index in [0.717, 1.165) is 51.0 Å². The molecule has 5 nitrogen and oxygen atoms in total. The van der Waals surface area contributed by atoms with Crippen LogP contribution in [-0.4, -0.2) is 41.7 Å². The zero-order chi connectivity index (χ0) is 18.9. The first-order valence-electron chi connectivity index (χ1n) is 9.75. The maximum Gasteiger partial charge on any atom is 0.188 e. The van der Waals surface area contributed by atoms with Gasteiger partial charge in [-0.2, -0.15) is 0 Å². The molecule has 3 rings (SSSR count). The van der Waals surface area contributed by atoms with Crippen molar-refractivity contribution in [3.63, 3.8) is 0 Å². The summed E-state index contributed by atoms with van der Waals surface area (Å²) in [5.41, 5.74) is 9.70. The second-order valence-electron chi connectivity index (χ2n) is 7.19. The standard InChI is InChI=1S/C22H30N4O.HI/c23-22(24-13-10-18-4-2-1-3-5-18)25-16-19-6-8-20(9-7-19)17-26-14-11-21(27)12-15-26;/h1-9,21,27H,10-17H2,(H3,23,24,25);1H. The molecule has 152 valence electrons. The Morgan fingerprint density at radius 3 is 2.32 bits per heavy atom. The fourth-order valence-electron chi connectivity index (χ4n) is 3.30. The Bertz CT molecular complexity index is 713. The lowest BCUT2D eigenvalue weighted by atomic mass is 10.1. The summed E-state index contributed by atoms with van der Waals surface area (Å²) in [6.45, 7) is 4.25. The number of aliphatic hydroxyl groups is 1. The lowest BCUT2D eigenvalue weighted by molar-refractivity contribution is 0.0792. The van der Waals surface area contributed by atoms with Gasteiger partial charge in [-0.05, 0) is 36.0 Å². The van der Waals surface area contributed by atoms with Gasteiger partial charge in [-0.3, -0.25) is 4.90 Å². The second kappa shape index (κ2) is 12.0. The molecule has 0 bridgehead atoms. The van der Waals surface area contributed by atoms with Crippen LogP contribution in [0.1, 0.15) is 29.5 Å². The van der Waals surface area contributed by atoms with Gasteiger partial charge in [0.2, 0.25) is 0 Å². The normalized spacial score (nSPS) is 15.8. The number of rotatable bonds is 7. The lowest BCUT2D eigenvalue weighted by Crippen LogP contribution is -2.35. The number of guanidine groups is 1. The first-order chi connectivity index (χ1) is 13.2. The molecular weight excluding hydrogens is 463 g/mol. The Hall–Kier alpha value is -1.64. The van der Waals surface area contributed by atoms with Crippen LogP contribution in [0.3, 0.4) is 0 Å². The maximum atomic E-state index is 9.59. The van der Waals surface area contributed by atoms with E-state index in [1.165, 1.54) is 11.1 Å². The minimum atomic E-state index is -0.117. The number of nitrogens with zero attached hydrogens (tertiary/aromatic N) is 2. The summed E-state index contributed by atoms with van der Waals surface area (Å²) in [4.78, 5) is 6.82. The van der Waals surface area contributed by atoms with Gasteiger partial charge in [0.15, 0.2) is 5.96 Å². The minimum absolute atomic E-state index is 0. The summed E-state index contributed by atoms with van der Waals surface area (Å²) in [6.07, 6.45) is 2.57. The number of halogens is 1. The Kier molecular flexibility index (Phi) is 9.73. The SMILES string of the molecule is I.NC(=NCc1ccc(CN2CCC(O)CC2)cc1)NCCc1ccccc1. The summed E-state index contributed by atoms with van der Waals surface area (Å²) in [5.74, 6) is 0.488. The predicted octanol–water partition coefficient (Wildman–Crippen LogP) is 2.91. The van der Waals surface area contributed by atoms with Crippen LogP contribution in [0.15, 0.2) is 59.6 Å². The van der Waals surface area contributed by atoms with Gasteiger partial charge in [-0.1, -0.05) is 54.6 Å². The summed E-state index contributed by atoms with van der Waals surface area (Å²) in [6, 6.07) is 18.9. The third-order valence-electron chi connectivity index (χ3n) is 4.98. The van der Waals surface area contributed by atoms with Gasteiger partial charge in [0, 0.05) is 26.2 Å². The van der Waals surface area contributed by atoms with E-state index in [2.05, 4.69) is 51.6 Å². The Morgan fingerprint density at radius 2 is 1.64 bits per heavy atom. The number of hydrogen-bond donors (Lipinski definition) is 3. The topological polar surface area (TPSA) is 73.9 Å². The maximum absolute atomic E-state index is 9.59. The van der Waals surface area contributed by atoms with Gasteiger partial charge in [0.05, 0.1) is 12.6 Å². The number of likely N-dealkylation sites (tertiary alicyclic amines) is 1. The van der Waals surface area contributed by atoms with Crippen molar-refractivity contribution in [1.29, 1.82) is 0 Å². The van der Waals surface area contributed by atoms with Gasteiger partial charge >= 0.3 is 0 Å². The molecule has 1 aliphatic rings. The van der Waals surface area contributed by atoms with E-state index >= 15 is 0 Å². The summed E-state index contributed by atoms with van der Waals surface area (Å²) >= 11 is 0. The largest absolute Gasteiger partial charge is 0.393 e. The van der Waals surface area contributed by atoms with Crippen LogP contribution in [0.25, 0.3) is 0 Å². The van der Waals surface area contributed by atoms with Crippen molar-refractivity contribution >= 4 is 29.9 Å². The molecule has 0 aromatic heterocycles. The molecule has 0 atom stereocenters. The van der Waals surface area contributed by atoms with E-state index in [1.807, 2.05) is 18.2 Å². The first kappa shape index (κ1) is 22.6. The zero-order valence-electron chi connectivity index (χ0n) is 16.3. The van der Waals surface area contributed by atoms with Crippen LogP contribution < -0.4 is 11.1 Å². The molecule has 0 radical (unpaired) electrons. The van der Waals surface area contributed by atoms with Crippen LogP contribution >= 0.6 is 24.0 Å². The number of aliphatic hydroxyl groups excluding tert-OH is 1. The van der Waals surface area contributed by atoms with Gasteiger partial charge in [-0.15, -0.1) is 24.0 Å². The molecule has 0 spiro atoms. The lowest BCUT2D eigenvalue weighted by Gasteiger charge is -2.29. The number of benzene rings is 2. The fraction of sp³-hybridized carbons (Fsp3) is 0.409. The molecule has 1 fully saturated rings. The van der Waals surface area contributed by atoms with Crippen molar-refractivity contribution in [3.8, 4) is 0 Å². The molecule has 1 saturated heterocycles. The Morgan fingerprint density at radius 1 is 1.00 bits per heavy atom. The molecule has 28 heavy (non-hydrogen) atoms. The van der Waals surface area contributed by atoms with Crippen LogP contribution in [0.5, 0.6) is 0 Å². The van der Waals surface area contributed by atoms with Crippen molar-refractivity contribution in [2.24, 2.45) is 10.7 Å². The minimum Gasteiger partial charge on any atom is -0.393 e. The van der Waals surface area contributed by atoms with Gasteiger partial charge in [0.1, 0.15) is 0 Å². The molecule has 0 unspecified atom stereocenters. The van der Waals surface area contributed by atoms with Crippen LogP contribution in [-0.2, 0) is 19.5 Å². The highest BCUT2D eigenvalue weighted by atomic mass is 127. The monoisotopic (exact) mass is 494 g/mol. The highest BCUT2D eigenvalue weighted by Crippen LogP contribution is 2.14. The number of hydrogen-bond acceptors (Lipinski definition) is 3. The third-order valence-corrected chi connectivity index (χ3v) is 4.98. The third kappa shape index (κ3) is 7.77. The van der Waals surface area contributed by atoms with Crippen LogP contribution in [0, 0.1) is 0 Å². The smallest absolute Gasteiger partial charge is 0.188 e. The number of nitrogens with one attached hydrogen (secondary N) is 1.